The van der Waals surface area contributed by atoms with Crippen LogP contribution in [0.15, 0.2) is 36.8 Å². The molecule has 2 amide bonds. The molecule has 2 aromatic rings. The Bertz CT molecular complexity index is 726. The first-order valence-electron chi connectivity index (χ1n) is 8.07. The number of hydrogen-bond donors (Lipinski definition) is 1. The van der Waals surface area contributed by atoms with Gasteiger partial charge in [0.25, 0.3) is 0 Å². The monoisotopic (exact) mass is 327 g/mol. The molecule has 24 heavy (non-hydrogen) atoms. The van der Waals surface area contributed by atoms with Crippen molar-refractivity contribution >= 4 is 11.8 Å². The number of carbonyl (C=O) groups excluding carboxylic acids is 2. The highest BCUT2D eigenvalue weighted by Crippen LogP contribution is 2.20. The molecule has 0 bridgehead atoms. The SMILES string of the molecule is CC(C)N1C[C@@H](C(=O)NCc2cccnc2-n2cccn2)CC1=O. The van der Waals surface area contributed by atoms with Gasteiger partial charge in [-0.25, -0.2) is 9.67 Å². The van der Waals surface area contributed by atoms with Crippen molar-refractivity contribution in [2.45, 2.75) is 32.9 Å². The molecule has 3 heterocycles. The van der Waals surface area contributed by atoms with Crippen molar-refractivity contribution in [3.05, 3.63) is 42.4 Å². The second-order valence-corrected chi connectivity index (χ2v) is 6.20. The Labute approximate surface area is 140 Å². The van der Waals surface area contributed by atoms with Crippen molar-refractivity contribution in [1.82, 2.24) is 25.0 Å². The molecule has 126 valence electrons. The fourth-order valence-electron chi connectivity index (χ4n) is 2.90. The number of likely N-dealkylation sites (tertiary alicyclic amines) is 1. The fourth-order valence-corrected chi connectivity index (χ4v) is 2.90. The van der Waals surface area contributed by atoms with Gasteiger partial charge >= 0.3 is 0 Å². The first-order chi connectivity index (χ1) is 11.6. The first kappa shape index (κ1) is 16.2. The zero-order chi connectivity index (χ0) is 17.1. The third-order valence-corrected chi connectivity index (χ3v) is 4.19. The number of aromatic nitrogens is 3. The molecule has 0 aliphatic carbocycles. The van der Waals surface area contributed by atoms with E-state index in [0.29, 0.717) is 18.9 Å². The predicted octanol–water partition coefficient (Wildman–Crippen LogP) is 1.14. The van der Waals surface area contributed by atoms with E-state index < -0.39 is 0 Å². The third kappa shape index (κ3) is 3.29. The Morgan fingerprint density at radius 1 is 1.38 bits per heavy atom. The van der Waals surface area contributed by atoms with Crippen molar-refractivity contribution in [2.75, 3.05) is 6.54 Å². The molecule has 1 fully saturated rings. The van der Waals surface area contributed by atoms with Crippen LogP contribution >= 0.6 is 0 Å². The highest BCUT2D eigenvalue weighted by molar-refractivity contribution is 5.89. The molecule has 7 heteroatoms. The Kier molecular flexibility index (Phi) is 4.59. The van der Waals surface area contributed by atoms with Crippen LogP contribution in [0.2, 0.25) is 0 Å². The maximum Gasteiger partial charge on any atom is 0.225 e. The van der Waals surface area contributed by atoms with Gasteiger partial charge < -0.3 is 10.2 Å². The number of nitrogens with zero attached hydrogens (tertiary/aromatic N) is 4. The minimum absolute atomic E-state index is 0.0451. The van der Waals surface area contributed by atoms with Crippen molar-refractivity contribution in [1.29, 1.82) is 0 Å². The van der Waals surface area contributed by atoms with Crippen molar-refractivity contribution in [3.63, 3.8) is 0 Å². The van der Waals surface area contributed by atoms with Gasteiger partial charge in [-0.3, -0.25) is 9.59 Å². The largest absolute Gasteiger partial charge is 0.352 e. The summed E-state index contributed by atoms with van der Waals surface area (Å²) in [6.07, 6.45) is 5.47. The lowest BCUT2D eigenvalue weighted by Gasteiger charge is -2.20. The predicted molar refractivity (Wildman–Crippen MR) is 88.2 cm³/mol. The van der Waals surface area contributed by atoms with Crippen LogP contribution in [0.25, 0.3) is 5.82 Å². The molecule has 7 nitrogen and oxygen atoms in total. The quantitative estimate of drug-likeness (QED) is 0.893. The summed E-state index contributed by atoms with van der Waals surface area (Å²) in [4.78, 5) is 30.4. The zero-order valence-corrected chi connectivity index (χ0v) is 13.8. The van der Waals surface area contributed by atoms with Gasteiger partial charge in [-0.05, 0) is 26.0 Å². The fraction of sp³-hybridized carbons (Fsp3) is 0.412. The van der Waals surface area contributed by atoms with E-state index in [1.165, 1.54) is 0 Å². The average Bonchev–Trinajstić information content (AvgIpc) is 3.22. The van der Waals surface area contributed by atoms with Crippen LogP contribution < -0.4 is 5.32 Å². The molecule has 3 rings (SSSR count). The standard InChI is InChI=1S/C17H21N5O2/c1-12(2)21-11-14(9-15(21)23)17(24)19-10-13-5-3-6-18-16(13)22-8-4-7-20-22/h3-8,12,14H,9-11H2,1-2H3,(H,19,24)/t14-/m0/s1. The van der Waals surface area contributed by atoms with E-state index in [0.717, 1.165) is 5.56 Å². The summed E-state index contributed by atoms with van der Waals surface area (Å²) in [5.74, 6) is 0.351. The minimum Gasteiger partial charge on any atom is -0.352 e. The van der Waals surface area contributed by atoms with Crippen LogP contribution in [0.3, 0.4) is 0 Å². The molecular weight excluding hydrogens is 306 g/mol. The average molecular weight is 327 g/mol. The maximum atomic E-state index is 12.4. The summed E-state index contributed by atoms with van der Waals surface area (Å²) in [6, 6.07) is 5.68. The Morgan fingerprint density at radius 2 is 2.21 bits per heavy atom. The molecule has 0 saturated carbocycles. The lowest BCUT2D eigenvalue weighted by atomic mass is 10.1. The summed E-state index contributed by atoms with van der Waals surface area (Å²) in [6.45, 7) is 4.77. The second-order valence-electron chi connectivity index (χ2n) is 6.20. The molecule has 1 aliphatic rings. The normalized spacial score (nSPS) is 17.5. The summed E-state index contributed by atoms with van der Waals surface area (Å²) in [5.41, 5.74) is 0.875. The molecule has 0 spiro atoms. The Balaban J connectivity index is 1.65. The molecule has 0 unspecified atom stereocenters. The Hall–Kier alpha value is -2.70. The van der Waals surface area contributed by atoms with Crippen LogP contribution in [0.1, 0.15) is 25.8 Å². The highest BCUT2D eigenvalue weighted by Gasteiger charge is 2.35. The van der Waals surface area contributed by atoms with E-state index in [-0.39, 0.29) is 30.2 Å². The van der Waals surface area contributed by atoms with Crippen LogP contribution in [0, 0.1) is 5.92 Å². The molecule has 0 radical (unpaired) electrons. The smallest absolute Gasteiger partial charge is 0.225 e. The van der Waals surface area contributed by atoms with E-state index in [2.05, 4.69) is 15.4 Å². The molecule has 1 saturated heterocycles. The maximum absolute atomic E-state index is 12.4. The van der Waals surface area contributed by atoms with E-state index in [1.807, 2.05) is 38.2 Å². The number of carbonyl (C=O) groups is 2. The number of hydrogen-bond acceptors (Lipinski definition) is 4. The van der Waals surface area contributed by atoms with Crippen LogP contribution in [0.4, 0.5) is 0 Å². The molecule has 2 aromatic heterocycles. The third-order valence-electron chi connectivity index (χ3n) is 4.19. The number of rotatable bonds is 5. The van der Waals surface area contributed by atoms with E-state index in [1.54, 1.807) is 22.0 Å². The van der Waals surface area contributed by atoms with Gasteiger partial charge in [0, 0.05) is 49.7 Å². The van der Waals surface area contributed by atoms with Gasteiger partial charge in [-0.15, -0.1) is 0 Å². The zero-order valence-electron chi connectivity index (χ0n) is 13.8. The summed E-state index contributed by atoms with van der Waals surface area (Å²) < 4.78 is 1.67. The van der Waals surface area contributed by atoms with Gasteiger partial charge in [0.1, 0.15) is 0 Å². The van der Waals surface area contributed by atoms with Gasteiger partial charge in [0.15, 0.2) is 5.82 Å². The van der Waals surface area contributed by atoms with E-state index >= 15 is 0 Å². The summed E-state index contributed by atoms with van der Waals surface area (Å²) in [5, 5.41) is 7.11. The Morgan fingerprint density at radius 3 is 2.88 bits per heavy atom. The lowest BCUT2D eigenvalue weighted by molar-refractivity contribution is -0.130. The number of nitrogens with one attached hydrogen (secondary N) is 1. The van der Waals surface area contributed by atoms with Gasteiger partial charge in [-0.1, -0.05) is 6.07 Å². The van der Waals surface area contributed by atoms with Crippen LogP contribution in [-0.2, 0) is 16.1 Å². The molecule has 1 N–H and O–H groups in total. The van der Waals surface area contributed by atoms with Crippen molar-refractivity contribution in [3.8, 4) is 5.82 Å². The first-order valence-corrected chi connectivity index (χ1v) is 8.07. The van der Waals surface area contributed by atoms with Gasteiger partial charge in [-0.2, -0.15) is 5.10 Å². The summed E-state index contributed by atoms with van der Waals surface area (Å²) >= 11 is 0. The highest BCUT2D eigenvalue weighted by atomic mass is 16.2. The van der Waals surface area contributed by atoms with E-state index in [4.69, 9.17) is 0 Å². The van der Waals surface area contributed by atoms with Crippen LogP contribution in [0.5, 0.6) is 0 Å². The van der Waals surface area contributed by atoms with Crippen LogP contribution in [-0.4, -0.2) is 44.1 Å². The van der Waals surface area contributed by atoms with Crippen molar-refractivity contribution < 1.29 is 9.59 Å². The molecular formula is C17H21N5O2. The van der Waals surface area contributed by atoms with Gasteiger partial charge in [0.05, 0.1) is 5.92 Å². The second kappa shape index (κ2) is 6.82. The summed E-state index contributed by atoms with van der Waals surface area (Å²) in [7, 11) is 0. The number of amides is 2. The molecule has 1 atom stereocenters. The minimum atomic E-state index is -0.287. The molecule has 1 aliphatic heterocycles. The van der Waals surface area contributed by atoms with Crippen molar-refractivity contribution in [2.24, 2.45) is 5.92 Å². The number of pyridine rings is 1. The lowest BCUT2D eigenvalue weighted by Crippen LogP contribution is -2.35. The van der Waals surface area contributed by atoms with Gasteiger partial charge in [0.2, 0.25) is 11.8 Å². The topological polar surface area (TPSA) is 80.1 Å². The molecule has 0 aromatic carbocycles. The van der Waals surface area contributed by atoms with E-state index in [9.17, 15) is 9.59 Å².